The lowest BCUT2D eigenvalue weighted by Crippen LogP contribution is -2.08. The van der Waals surface area contributed by atoms with Gasteiger partial charge in [0.25, 0.3) is 0 Å². The van der Waals surface area contributed by atoms with E-state index in [0.717, 1.165) is 16.4 Å². The number of thioether (sulfide) groups is 1. The SMILES string of the molecule is CC(C)c1cnc(SCC(=O)O)n1Cc1ccncc1. The smallest absolute Gasteiger partial charge is 0.313 e. The molecule has 5 nitrogen and oxygen atoms in total. The first-order valence-electron chi connectivity index (χ1n) is 6.37. The van der Waals surface area contributed by atoms with E-state index in [1.165, 1.54) is 11.8 Å². The van der Waals surface area contributed by atoms with E-state index in [1.54, 1.807) is 12.4 Å². The molecule has 2 rings (SSSR count). The number of carboxylic acid groups (broad SMARTS) is 1. The van der Waals surface area contributed by atoms with Gasteiger partial charge in [0.15, 0.2) is 5.16 Å². The summed E-state index contributed by atoms with van der Waals surface area (Å²) in [5.74, 6) is -0.478. The molecule has 2 aromatic rings. The minimum Gasteiger partial charge on any atom is -0.481 e. The molecule has 0 saturated carbocycles. The number of nitrogens with zero attached hydrogens (tertiary/aromatic N) is 3. The minimum absolute atomic E-state index is 0.0187. The van der Waals surface area contributed by atoms with E-state index in [4.69, 9.17) is 5.11 Å². The number of aliphatic carboxylic acids is 1. The standard InChI is InChI=1S/C14H17N3O2S/c1-10(2)12-7-16-14(20-9-13(18)19)17(12)8-11-3-5-15-6-4-11/h3-7,10H,8-9H2,1-2H3,(H,18,19). The topological polar surface area (TPSA) is 68.0 Å². The molecule has 0 radical (unpaired) electrons. The highest BCUT2D eigenvalue weighted by molar-refractivity contribution is 7.99. The second-order valence-corrected chi connectivity index (χ2v) is 5.69. The molecule has 106 valence electrons. The van der Waals surface area contributed by atoms with E-state index < -0.39 is 5.97 Å². The Morgan fingerprint density at radius 3 is 2.70 bits per heavy atom. The Hall–Kier alpha value is -1.82. The molecular weight excluding hydrogens is 274 g/mol. The van der Waals surface area contributed by atoms with Crippen LogP contribution < -0.4 is 0 Å². The first-order chi connectivity index (χ1) is 9.58. The molecule has 0 amide bonds. The molecule has 2 heterocycles. The molecule has 0 unspecified atom stereocenters. The van der Waals surface area contributed by atoms with Crippen molar-refractivity contribution in [1.82, 2.24) is 14.5 Å². The number of aromatic nitrogens is 3. The largest absolute Gasteiger partial charge is 0.481 e. The highest BCUT2D eigenvalue weighted by atomic mass is 32.2. The van der Waals surface area contributed by atoms with Crippen molar-refractivity contribution in [2.75, 3.05) is 5.75 Å². The number of hydrogen-bond acceptors (Lipinski definition) is 4. The van der Waals surface area contributed by atoms with Crippen molar-refractivity contribution >= 4 is 17.7 Å². The van der Waals surface area contributed by atoms with Gasteiger partial charge in [0.2, 0.25) is 0 Å². The summed E-state index contributed by atoms with van der Waals surface area (Å²) in [5, 5.41) is 9.55. The summed E-state index contributed by atoms with van der Waals surface area (Å²) in [5.41, 5.74) is 2.23. The van der Waals surface area contributed by atoms with Gasteiger partial charge in [-0.25, -0.2) is 4.98 Å². The van der Waals surface area contributed by atoms with Crippen LogP contribution in [-0.2, 0) is 11.3 Å². The Bertz CT molecular complexity index is 581. The number of carbonyl (C=O) groups is 1. The van der Waals surface area contributed by atoms with E-state index in [0.29, 0.717) is 12.5 Å². The van der Waals surface area contributed by atoms with Crippen LogP contribution in [-0.4, -0.2) is 31.4 Å². The molecule has 0 fully saturated rings. The maximum absolute atomic E-state index is 10.7. The molecular formula is C14H17N3O2S. The molecule has 0 aliphatic carbocycles. The van der Waals surface area contributed by atoms with Crippen molar-refractivity contribution in [3.63, 3.8) is 0 Å². The van der Waals surface area contributed by atoms with Crippen molar-refractivity contribution < 1.29 is 9.90 Å². The molecule has 0 bridgehead atoms. The lowest BCUT2D eigenvalue weighted by molar-refractivity contribution is -0.133. The van der Waals surface area contributed by atoms with Crippen molar-refractivity contribution in [3.8, 4) is 0 Å². The number of pyridine rings is 1. The molecule has 6 heteroatoms. The maximum atomic E-state index is 10.7. The highest BCUT2D eigenvalue weighted by Crippen LogP contribution is 2.24. The average Bonchev–Trinajstić information content (AvgIpc) is 2.80. The second kappa shape index (κ2) is 6.56. The number of carboxylic acids is 1. The maximum Gasteiger partial charge on any atom is 0.313 e. The van der Waals surface area contributed by atoms with Crippen LogP contribution in [0.4, 0.5) is 0 Å². The molecule has 0 atom stereocenters. The monoisotopic (exact) mass is 291 g/mol. The first kappa shape index (κ1) is 14.6. The van der Waals surface area contributed by atoms with Gasteiger partial charge in [-0.2, -0.15) is 0 Å². The Morgan fingerprint density at radius 1 is 1.40 bits per heavy atom. The second-order valence-electron chi connectivity index (χ2n) is 4.74. The zero-order valence-electron chi connectivity index (χ0n) is 11.5. The summed E-state index contributed by atoms with van der Waals surface area (Å²) < 4.78 is 2.08. The van der Waals surface area contributed by atoms with Gasteiger partial charge in [0, 0.05) is 30.8 Å². The highest BCUT2D eigenvalue weighted by Gasteiger charge is 2.14. The Morgan fingerprint density at radius 2 is 2.10 bits per heavy atom. The van der Waals surface area contributed by atoms with Crippen molar-refractivity contribution in [3.05, 3.63) is 42.0 Å². The normalized spacial score (nSPS) is 10.9. The lowest BCUT2D eigenvalue weighted by Gasteiger charge is -2.13. The molecule has 2 aromatic heterocycles. The predicted molar refractivity (Wildman–Crippen MR) is 78.0 cm³/mol. The fourth-order valence-electron chi connectivity index (χ4n) is 1.90. The quantitative estimate of drug-likeness (QED) is 0.829. The first-order valence-corrected chi connectivity index (χ1v) is 7.35. The molecule has 0 aliphatic rings. The van der Waals surface area contributed by atoms with Crippen molar-refractivity contribution in [2.24, 2.45) is 0 Å². The van der Waals surface area contributed by atoms with Gasteiger partial charge in [-0.3, -0.25) is 9.78 Å². The van der Waals surface area contributed by atoms with Crippen LogP contribution in [0.1, 0.15) is 31.0 Å². The minimum atomic E-state index is -0.834. The Labute approximate surface area is 122 Å². The van der Waals surface area contributed by atoms with Crippen LogP contribution >= 0.6 is 11.8 Å². The zero-order chi connectivity index (χ0) is 14.5. The number of hydrogen-bond donors (Lipinski definition) is 1. The van der Waals surface area contributed by atoms with Crippen LogP contribution in [0.15, 0.2) is 35.9 Å². The summed E-state index contributed by atoms with van der Waals surface area (Å²) in [7, 11) is 0. The zero-order valence-corrected chi connectivity index (χ0v) is 12.3. The fourth-order valence-corrected chi connectivity index (χ4v) is 2.61. The fraction of sp³-hybridized carbons (Fsp3) is 0.357. The van der Waals surface area contributed by atoms with Crippen LogP contribution in [0.25, 0.3) is 0 Å². The van der Waals surface area contributed by atoms with Gasteiger partial charge in [0.1, 0.15) is 0 Å². The third kappa shape index (κ3) is 3.60. The molecule has 1 N–H and O–H groups in total. The van der Waals surface area contributed by atoms with Gasteiger partial charge >= 0.3 is 5.97 Å². The molecule has 0 spiro atoms. The summed E-state index contributed by atoms with van der Waals surface area (Å²) in [6, 6.07) is 3.91. The van der Waals surface area contributed by atoms with Crippen LogP contribution in [0.5, 0.6) is 0 Å². The molecule has 20 heavy (non-hydrogen) atoms. The summed E-state index contributed by atoms with van der Waals surface area (Å²) in [6.07, 6.45) is 5.34. The van der Waals surface area contributed by atoms with Gasteiger partial charge in [-0.1, -0.05) is 25.6 Å². The van der Waals surface area contributed by atoms with Crippen LogP contribution in [0.3, 0.4) is 0 Å². The summed E-state index contributed by atoms with van der Waals surface area (Å²) in [4.78, 5) is 19.1. The van der Waals surface area contributed by atoms with Crippen molar-refractivity contribution in [2.45, 2.75) is 31.5 Å². The lowest BCUT2D eigenvalue weighted by atomic mass is 10.1. The predicted octanol–water partition coefficient (Wildman–Crippen LogP) is 2.63. The molecule has 0 aromatic carbocycles. The summed E-state index contributed by atoms with van der Waals surface area (Å²) >= 11 is 1.25. The van der Waals surface area contributed by atoms with Crippen molar-refractivity contribution in [1.29, 1.82) is 0 Å². The summed E-state index contributed by atoms with van der Waals surface area (Å²) in [6.45, 7) is 4.88. The van der Waals surface area contributed by atoms with E-state index in [-0.39, 0.29) is 5.75 Å². The molecule has 0 saturated heterocycles. The Balaban J connectivity index is 2.27. The van der Waals surface area contributed by atoms with E-state index >= 15 is 0 Å². The average molecular weight is 291 g/mol. The van der Waals surface area contributed by atoms with Gasteiger partial charge < -0.3 is 9.67 Å². The van der Waals surface area contributed by atoms with E-state index in [9.17, 15) is 4.79 Å². The number of rotatable bonds is 6. The third-order valence-electron chi connectivity index (χ3n) is 2.86. The van der Waals surface area contributed by atoms with Gasteiger partial charge in [0.05, 0.1) is 5.75 Å². The van der Waals surface area contributed by atoms with Gasteiger partial charge in [-0.15, -0.1) is 0 Å². The Kier molecular flexibility index (Phi) is 4.79. The van der Waals surface area contributed by atoms with E-state index in [1.807, 2.05) is 18.3 Å². The van der Waals surface area contributed by atoms with Crippen LogP contribution in [0.2, 0.25) is 0 Å². The molecule has 0 aliphatic heterocycles. The number of imidazole rings is 1. The third-order valence-corrected chi connectivity index (χ3v) is 3.83. The van der Waals surface area contributed by atoms with Crippen LogP contribution in [0, 0.1) is 0 Å². The van der Waals surface area contributed by atoms with Gasteiger partial charge in [-0.05, 0) is 23.6 Å². The van der Waals surface area contributed by atoms with E-state index in [2.05, 4.69) is 28.4 Å².